The molecule has 1 N–H and O–H groups in total. The van der Waals surface area contributed by atoms with E-state index in [1.54, 1.807) is 0 Å². The van der Waals surface area contributed by atoms with Crippen molar-refractivity contribution in [2.75, 3.05) is 18.1 Å². The van der Waals surface area contributed by atoms with Gasteiger partial charge < -0.3 is 5.32 Å². The number of rotatable bonds is 5. The topological polar surface area (TPSA) is 49.4 Å². The Labute approximate surface area is 131 Å². The van der Waals surface area contributed by atoms with Crippen LogP contribution >= 0.6 is 11.3 Å². The van der Waals surface area contributed by atoms with Crippen molar-refractivity contribution in [3.05, 3.63) is 21.4 Å². The highest BCUT2D eigenvalue weighted by atomic mass is 32.2. The van der Waals surface area contributed by atoms with E-state index >= 15 is 0 Å². The molecule has 118 valence electrons. The molecule has 4 nitrogen and oxygen atoms in total. The number of sulfone groups is 1. The van der Waals surface area contributed by atoms with E-state index in [2.05, 4.69) is 23.2 Å². The molecule has 0 spiro atoms. The first-order valence-corrected chi connectivity index (χ1v) is 10.3. The van der Waals surface area contributed by atoms with Crippen molar-refractivity contribution in [2.24, 2.45) is 0 Å². The fraction of sp³-hybridized carbons (Fsp3) is 0.733. The molecule has 0 radical (unpaired) electrons. The molecule has 1 atom stereocenters. The lowest BCUT2D eigenvalue weighted by Crippen LogP contribution is -2.46. The van der Waals surface area contributed by atoms with Gasteiger partial charge in [0.25, 0.3) is 0 Å². The van der Waals surface area contributed by atoms with Crippen molar-refractivity contribution >= 4 is 21.2 Å². The second kappa shape index (κ2) is 5.99. The molecule has 2 aliphatic rings. The summed E-state index contributed by atoms with van der Waals surface area (Å²) < 4.78 is 23.3. The van der Waals surface area contributed by atoms with Crippen LogP contribution in [-0.2, 0) is 22.9 Å². The van der Waals surface area contributed by atoms with Crippen molar-refractivity contribution in [2.45, 2.75) is 51.9 Å². The summed E-state index contributed by atoms with van der Waals surface area (Å²) in [5, 5.41) is 3.55. The summed E-state index contributed by atoms with van der Waals surface area (Å²) in [7, 11) is -2.82. The molecule has 3 rings (SSSR count). The molecule has 1 aliphatic heterocycles. The largest absolute Gasteiger partial charge is 0.309 e. The van der Waals surface area contributed by atoms with Gasteiger partial charge in [-0.25, -0.2) is 8.42 Å². The standard InChI is InChI=1S/C15H24N2O2S2/c1-11-10-21(18,19)6-5-17(11)9-13-7-15(20-12(13)2)8-16-14-3-4-14/h7,11,14,16H,3-6,8-10H2,1-2H3. The lowest BCUT2D eigenvalue weighted by molar-refractivity contribution is 0.218. The highest BCUT2D eigenvalue weighted by Gasteiger charge is 2.28. The zero-order chi connectivity index (χ0) is 15.0. The summed E-state index contributed by atoms with van der Waals surface area (Å²) in [6, 6.07) is 3.16. The normalized spacial score (nSPS) is 26.1. The van der Waals surface area contributed by atoms with Crippen LogP contribution in [-0.4, -0.2) is 43.5 Å². The summed E-state index contributed by atoms with van der Waals surface area (Å²) in [5.41, 5.74) is 1.36. The van der Waals surface area contributed by atoms with E-state index in [1.807, 2.05) is 18.3 Å². The molecule has 1 aromatic heterocycles. The molecule has 0 amide bonds. The molecule has 2 fully saturated rings. The Bertz CT molecular complexity index is 605. The molecule has 1 unspecified atom stereocenters. The van der Waals surface area contributed by atoms with Gasteiger partial charge in [-0.2, -0.15) is 0 Å². The summed E-state index contributed by atoms with van der Waals surface area (Å²) >= 11 is 1.87. The fourth-order valence-corrected chi connectivity index (χ4v) is 5.48. The van der Waals surface area contributed by atoms with E-state index in [4.69, 9.17) is 0 Å². The van der Waals surface area contributed by atoms with Gasteiger partial charge in [0, 0.05) is 41.5 Å². The summed E-state index contributed by atoms with van der Waals surface area (Å²) in [5.74, 6) is 0.600. The minimum atomic E-state index is -2.82. The molecule has 0 aromatic carbocycles. The SMILES string of the molecule is Cc1sc(CNC2CC2)cc1CN1CCS(=O)(=O)CC1C. The van der Waals surface area contributed by atoms with Gasteiger partial charge in [0.1, 0.15) is 0 Å². The maximum atomic E-state index is 11.7. The number of thiophene rings is 1. The maximum absolute atomic E-state index is 11.7. The van der Waals surface area contributed by atoms with Crippen LogP contribution in [0.5, 0.6) is 0 Å². The predicted molar refractivity (Wildman–Crippen MR) is 87.4 cm³/mol. The van der Waals surface area contributed by atoms with Crippen LogP contribution in [0.25, 0.3) is 0 Å². The molecule has 1 saturated heterocycles. The van der Waals surface area contributed by atoms with Crippen LogP contribution in [0.3, 0.4) is 0 Å². The van der Waals surface area contributed by atoms with Gasteiger partial charge in [-0.1, -0.05) is 0 Å². The monoisotopic (exact) mass is 328 g/mol. The second-order valence-electron chi connectivity index (χ2n) is 6.38. The molecule has 1 saturated carbocycles. The van der Waals surface area contributed by atoms with E-state index in [1.165, 1.54) is 28.2 Å². The highest BCUT2D eigenvalue weighted by molar-refractivity contribution is 7.91. The van der Waals surface area contributed by atoms with Crippen LogP contribution < -0.4 is 5.32 Å². The summed E-state index contributed by atoms with van der Waals surface area (Å²) in [4.78, 5) is 5.06. The van der Waals surface area contributed by atoms with Gasteiger partial charge in [-0.15, -0.1) is 11.3 Å². The first-order valence-electron chi connectivity index (χ1n) is 7.69. The van der Waals surface area contributed by atoms with Crippen LogP contribution in [0.1, 0.15) is 35.1 Å². The van der Waals surface area contributed by atoms with Crippen molar-refractivity contribution in [1.82, 2.24) is 10.2 Å². The molecular formula is C15H24N2O2S2. The molecule has 21 heavy (non-hydrogen) atoms. The molecule has 6 heteroatoms. The zero-order valence-corrected chi connectivity index (χ0v) is 14.4. The fourth-order valence-electron chi connectivity index (χ4n) is 2.85. The van der Waals surface area contributed by atoms with E-state index < -0.39 is 9.84 Å². The van der Waals surface area contributed by atoms with E-state index in [9.17, 15) is 8.42 Å². The number of hydrogen-bond donors (Lipinski definition) is 1. The minimum Gasteiger partial charge on any atom is -0.309 e. The zero-order valence-electron chi connectivity index (χ0n) is 12.8. The predicted octanol–water partition coefficient (Wildman–Crippen LogP) is 1.93. The Kier molecular flexibility index (Phi) is 4.41. The van der Waals surface area contributed by atoms with Crippen LogP contribution in [0.2, 0.25) is 0 Å². The van der Waals surface area contributed by atoms with Gasteiger partial charge in [0.15, 0.2) is 9.84 Å². The molecular weight excluding hydrogens is 304 g/mol. The molecule has 0 bridgehead atoms. The van der Waals surface area contributed by atoms with Crippen molar-refractivity contribution < 1.29 is 8.42 Å². The Hall–Kier alpha value is -0.430. The third-order valence-electron chi connectivity index (χ3n) is 4.40. The highest BCUT2D eigenvalue weighted by Crippen LogP contribution is 2.26. The molecule has 2 heterocycles. The van der Waals surface area contributed by atoms with Crippen LogP contribution in [0.4, 0.5) is 0 Å². The van der Waals surface area contributed by atoms with Gasteiger partial charge >= 0.3 is 0 Å². The smallest absolute Gasteiger partial charge is 0.153 e. The van der Waals surface area contributed by atoms with E-state index in [0.717, 1.165) is 19.1 Å². The quantitative estimate of drug-likeness (QED) is 0.897. The van der Waals surface area contributed by atoms with Gasteiger partial charge in [0.2, 0.25) is 0 Å². The summed E-state index contributed by atoms with van der Waals surface area (Å²) in [6.45, 7) is 6.71. The third kappa shape index (κ3) is 4.06. The lowest BCUT2D eigenvalue weighted by Gasteiger charge is -2.33. The Balaban J connectivity index is 1.61. The van der Waals surface area contributed by atoms with Crippen molar-refractivity contribution in [3.8, 4) is 0 Å². The van der Waals surface area contributed by atoms with Crippen LogP contribution in [0, 0.1) is 6.92 Å². The van der Waals surface area contributed by atoms with Crippen molar-refractivity contribution in [1.29, 1.82) is 0 Å². The number of hydrogen-bond acceptors (Lipinski definition) is 5. The Morgan fingerprint density at radius 3 is 2.86 bits per heavy atom. The maximum Gasteiger partial charge on any atom is 0.153 e. The lowest BCUT2D eigenvalue weighted by atomic mass is 10.2. The summed E-state index contributed by atoms with van der Waals surface area (Å²) in [6.07, 6.45) is 2.63. The third-order valence-corrected chi connectivity index (χ3v) is 7.28. The number of aryl methyl sites for hydroxylation is 1. The molecule has 1 aliphatic carbocycles. The van der Waals surface area contributed by atoms with Crippen LogP contribution in [0.15, 0.2) is 6.07 Å². The number of nitrogens with one attached hydrogen (secondary N) is 1. The molecule has 1 aromatic rings. The average molecular weight is 329 g/mol. The first-order chi connectivity index (χ1) is 9.93. The minimum absolute atomic E-state index is 0.121. The number of nitrogens with zero attached hydrogens (tertiary/aromatic N) is 1. The van der Waals surface area contributed by atoms with E-state index in [-0.39, 0.29) is 6.04 Å². The van der Waals surface area contributed by atoms with Gasteiger partial charge in [0.05, 0.1) is 11.5 Å². The van der Waals surface area contributed by atoms with Gasteiger partial charge in [-0.3, -0.25) is 4.90 Å². The van der Waals surface area contributed by atoms with Crippen molar-refractivity contribution in [3.63, 3.8) is 0 Å². The average Bonchev–Trinajstić information content (AvgIpc) is 3.15. The van der Waals surface area contributed by atoms with E-state index in [0.29, 0.717) is 18.1 Å². The second-order valence-corrected chi connectivity index (χ2v) is 9.95. The first kappa shape index (κ1) is 15.5. The Morgan fingerprint density at radius 2 is 2.19 bits per heavy atom. The Morgan fingerprint density at radius 1 is 1.43 bits per heavy atom. The van der Waals surface area contributed by atoms with Gasteiger partial charge in [-0.05, 0) is 38.3 Å².